The molecule has 0 aliphatic carbocycles. The van der Waals surface area contributed by atoms with Crippen LogP contribution in [0.4, 0.5) is 10.8 Å². The maximum atomic E-state index is 12.3. The van der Waals surface area contributed by atoms with Crippen LogP contribution in [-0.2, 0) is 20.8 Å². The number of rotatable bonds is 6. The lowest BCUT2D eigenvalue weighted by molar-refractivity contribution is -0.117. The first-order chi connectivity index (χ1) is 13.4. The number of hydrogen-bond donors (Lipinski definition) is 2. The van der Waals surface area contributed by atoms with E-state index in [1.807, 2.05) is 19.1 Å². The van der Waals surface area contributed by atoms with Gasteiger partial charge in [0.1, 0.15) is 5.75 Å². The Kier molecular flexibility index (Phi) is 5.95. The molecule has 0 radical (unpaired) electrons. The van der Waals surface area contributed by atoms with Crippen molar-refractivity contribution in [2.24, 2.45) is 10.9 Å². The zero-order chi connectivity index (χ0) is 20.1. The van der Waals surface area contributed by atoms with Crippen molar-refractivity contribution in [3.63, 3.8) is 0 Å². The minimum Gasteiger partial charge on any atom is -0.495 e. The van der Waals surface area contributed by atoms with E-state index in [4.69, 9.17) is 4.74 Å². The van der Waals surface area contributed by atoms with Crippen LogP contribution in [0.1, 0.15) is 11.3 Å². The highest BCUT2D eigenvalue weighted by Gasteiger charge is 2.18. The maximum absolute atomic E-state index is 12.3. The van der Waals surface area contributed by atoms with Crippen LogP contribution in [0.3, 0.4) is 0 Å². The summed E-state index contributed by atoms with van der Waals surface area (Å²) < 4.78 is 5.25. The summed E-state index contributed by atoms with van der Waals surface area (Å²) in [7, 11) is 1.54. The number of anilines is 2. The van der Waals surface area contributed by atoms with Crippen molar-refractivity contribution in [2.45, 2.75) is 13.3 Å². The fourth-order valence-electron chi connectivity index (χ4n) is 2.50. The molecule has 8 nitrogen and oxygen atoms in total. The third kappa shape index (κ3) is 4.89. The first-order valence-electron chi connectivity index (χ1n) is 8.40. The molecule has 9 heteroatoms. The number of dihydropyridines is 1. The second-order valence-electron chi connectivity index (χ2n) is 6.06. The molecule has 1 aliphatic rings. The molecule has 1 aliphatic heterocycles. The van der Waals surface area contributed by atoms with E-state index in [0.717, 1.165) is 5.56 Å². The molecule has 0 saturated heterocycles. The normalized spacial score (nSPS) is 15.4. The number of nitrogens with one attached hydrogen (secondary N) is 2. The van der Waals surface area contributed by atoms with Crippen molar-refractivity contribution in [1.29, 1.82) is 0 Å². The van der Waals surface area contributed by atoms with Gasteiger partial charge in [0.05, 0.1) is 30.8 Å². The minimum atomic E-state index is -0.623. The van der Waals surface area contributed by atoms with Crippen LogP contribution < -0.4 is 15.4 Å². The SMILES string of the molecule is COc1ccc(C)cc1NC(=O)Cc1csc(NC(=O)C2C=CC(=O)N=C2)n1. The predicted molar refractivity (Wildman–Crippen MR) is 107 cm³/mol. The Labute approximate surface area is 165 Å². The molecule has 1 atom stereocenters. The number of thiazole rings is 1. The smallest absolute Gasteiger partial charge is 0.269 e. The molecule has 0 saturated carbocycles. The van der Waals surface area contributed by atoms with Crippen LogP contribution in [0, 0.1) is 12.8 Å². The van der Waals surface area contributed by atoms with E-state index in [9.17, 15) is 14.4 Å². The largest absolute Gasteiger partial charge is 0.495 e. The van der Waals surface area contributed by atoms with Gasteiger partial charge < -0.3 is 15.4 Å². The predicted octanol–water partition coefficient (Wildman–Crippen LogP) is 2.36. The molecule has 144 valence electrons. The number of benzene rings is 1. The first kappa shape index (κ1) is 19.4. The summed E-state index contributed by atoms with van der Waals surface area (Å²) in [6.45, 7) is 1.92. The van der Waals surface area contributed by atoms with Crippen molar-refractivity contribution < 1.29 is 19.1 Å². The summed E-state index contributed by atoms with van der Waals surface area (Å²) in [6.07, 6.45) is 4.07. The number of aryl methyl sites for hydroxylation is 1. The highest BCUT2D eigenvalue weighted by atomic mass is 32.1. The quantitative estimate of drug-likeness (QED) is 0.776. The number of aliphatic imine (C=N–C) groups is 1. The molecule has 1 unspecified atom stereocenters. The second-order valence-corrected chi connectivity index (χ2v) is 6.92. The summed E-state index contributed by atoms with van der Waals surface area (Å²) in [5.41, 5.74) is 2.12. The molecule has 28 heavy (non-hydrogen) atoms. The van der Waals surface area contributed by atoms with Gasteiger partial charge in [0, 0.05) is 17.7 Å². The van der Waals surface area contributed by atoms with Gasteiger partial charge in [-0.15, -0.1) is 11.3 Å². The van der Waals surface area contributed by atoms with E-state index in [2.05, 4.69) is 20.6 Å². The fraction of sp³-hybridized carbons (Fsp3) is 0.211. The molecule has 3 amide bonds. The highest BCUT2D eigenvalue weighted by molar-refractivity contribution is 7.14. The molecule has 2 aromatic rings. The molecule has 0 spiro atoms. The van der Waals surface area contributed by atoms with Gasteiger partial charge in [-0.05, 0) is 24.6 Å². The number of hydrogen-bond acceptors (Lipinski definition) is 6. The van der Waals surface area contributed by atoms with Crippen LogP contribution in [0.5, 0.6) is 5.75 Å². The Morgan fingerprint density at radius 2 is 2.11 bits per heavy atom. The van der Waals surface area contributed by atoms with Gasteiger partial charge >= 0.3 is 0 Å². The van der Waals surface area contributed by atoms with Crippen LogP contribution in [-0.4, -0.2) is 36.0 Å². The topological polar surface area (TPSA) is 110 Å². The van der Waals surface area contributed by atoms with E-state index in [1.165, 1.54) is 36.8 Å². The molecule has 0 fully saturated rings. The molecular weight excluding hydrogens is 380 g/mol. The summed E-state index contributed by atoms with van der Waals surface area (Å²) in [6, 6.07) is 5.51. The third-order valence-electron chi connectivity index (χ3n) is 3.86. The van der Waals surface area contributed by atoms with Crippen LogP contribution >= 0.6 is 11.3 Å². The monoisotopic (exact) mass is 398 g/mol. The number of carbonyl (C=O) groups is 3. The average Bonchev–Trinajstić information content (AvgIpc) is 3.09. The molecule has 0 bridgehead atoms. The van der Waals surface area contributed by atoms with E-state index >= 15 is 0 Å². The lowest BCUT2D eigenvalue weighted by atomic mass is 10.1. The van der Waals surface area contributed by atoms with Gasteiger partial charge in [-0.3, -0.25) is 14.4 Å². The molecule has 2 N–H and O–H groups in total. The number of aromatic nitrogens is 1. The first-order valence-corrected chi connectivity index (χ1v) is 9.28. The zero-order valence-electron chi connectivity index (χ0n) is 15.3. The van der Waals surface area contributed by atoms with Crippen molar-refractivity contribution >= 4 is 46.1 Å². The number of amides is 3. The van der Waals surface area contributed by atoms with E-state index in [0.29, 0.717) is 22.3 Å². The Hall–Kier alpha value is -3.33. The molecule has 1 aromatic heterocycles. The fourth-order valence-corrected chi connectivity index (χ4v) is 3.21. The van der Waals surface area contributed by atoms with Crippen LogP contribution in [0.2, 0.25) is 0 Å². The third-order valence-corrected chi connectivity index (χ3v) is 4.67. The summed E-state index contributed by atoms with van der Waals surface area (Å²) >= 11 is 1.22. The number of methoxy groups -OCH3 is 1. The zero-order valence-corrected chi connectivity index (χ0v) is 16.1. The summed E-state index contributed by atoms with van der Waals surface area (Å²) in [5, 5.41) is 7.55. The van der Waals surface area contributed by atoms with Gasteiger partial charge in [0.25, 0.3) is 5.91 Å². The van der Waals surface area contributed by atoms with Crippen molar-refractivity contribution in [3.05, 3.63) is 47.0 Å². The van der Waals surface area contributed by atoms with Crippen molar-refractivity contribution in [1.82, 2.24) is 4.98 Å². The molecule has 1 aromatic carbocycles. The Balaban J connectivity index is 1.58. The second kappa shape index (κ2) is 8.57. The van der Waals surface area contributed by atoms with E-state index in [-0.39, 0.29) is 18.2 Å². The van der Waals surface area contributed by atoms with Gasteiger partial charge in [0.2, 0.25) is 11.8 Å². The minimum absolute atomic E-state index is 0.0583. The standard InChI is InChI=1S/C19H18N4O4S/c1-11-3-5-15(27-2)14(7-11)22-17(25)8-13-10-28-19(21-13)23-18(26)12-4-6-16(24)20-9-12/h3-7,9-10,12H,8H2,1-2H3,(H,22,25)(H,21,23,26). The van der Waals surface area contributed by atoms with Gasteiger partial charge in [0.15, 0.2) is 5.13 Å². The van der Waals surface area contributed by atoms with Gasteiger partial charge in [-0.2, -0.15) is 0 Å². The number of carbonyl (C=O) groups excluding carboxylic acids is 3. The lowest BCUT2D eigenvalue weighted by Crippen LogP contribution is -2.24. The maximum Gasteiger partial charge on any atom is 0.269 e. The van der Waals surface area contributed by atoms with Crippen molar-refractivity contribution in [3.8, 4) is 5.75 Å². The average molecular weight is 398 g/mol. The van der Waals surface area contributed by atoms with Crippen LogP contribution in [0.25, 0.3) is 0 Å². The number of nitrogens with zero attached hydrogens (tertiary/aromatic N) is 2. The molecule has 2 heterocycles. The molecule has 3 rings (SSSR count). The summed E-state index contributed by atoms with van der Waals surface area (Å²) in [5.74, 6) is -1.03. The Morgan fingerprint density at radius 1 is 1.29 bits per heavy atom. The molecular formula is C19H18N4O4S. The summed E-state index contributed by atoms with van der Waals surface area (Å²) in [4.78, 5) is 43.3. The van der Waals surface area contributed by atoms with Gasteiger partial charge in [-0.1, -0.05) is 12.1 Å². The Morgan fingerprint density at radius 3 is 2.82 bits per heavy atom. The highest BCUT2D eigenvalue weighted by Crippen LogP contribution is 2.25. The Bertz CT molecular complexity index is 964. The number of ether oxygens (including phenoxy) is 1. The van der Waals surface area contributed by atoms with E-state index < -0.39 is 11.8 Å². The van der Waals surface area contributed by atoms with Crippen LogP contribution in [0.15, 0.2) is 40.7 Å². The lowest BCUT2D eigenvalue weighted by Gasteiger charge is -2.10. The van der Waals surface area contributed by atoms with Gasteiger partial charge in [-0.25, -0.2) is 9.98 Å². The van der Waals surface area contributed by atoms with Crippen molar-refractivity contribution in [2.75, 3.05) is 17.7 Å². The van der Waals surface area contributed by atoms with E-state index in [1.54, 1.807) is 11.4 Å².